The maximum absolute atomic E-state index is 10.2. The zero-order valence-electron chi connectivity index (χ0n) is 5.77. The lowest BCUT2D eigenvalue weighted by Gasteiger charge is -1.98. The van der Waals surface area contributed by atoms with Crippen molar-refractivity contribution in [3.63, 3.8) is 0 Å². The molecule has 0 aromatic carbocycles. The minimum absolute atomic E-state index is 0.431. The summed E-state index contributed by atoms with van der Waals surface area (Å²) in [6.45, 7) is 0.955. The Labute approximate surface area is 62.6 Å². The molecular formula is C4H8N6O. The first-order chi connectivity index (χ1) is 5.29. The van der Waals surface area contributed by atoms with Crippen LogP contribution in [0, 0.1) is 0 Å². The van der Waals surface area contributed by atoms with Gasteiger partial charge in [0, 0.05) is 6.54 Å². The smallest absolute Gasteiger partial charge is 0.312 e. The van der Waals surface area contributed by atoms with E-state index in [1.54, 1.807) is 0 Å². The van der Waals surface area contributed by atoms with E-state index in [-0.39, 0.29) is 0 Å². The van der Waals surface area contributed by atoms with Gasteiger partial charge in [0.2, 0.25) is 0 Å². The fraction of sp³-hybridized carbons (Fsp3) is 0.500. The molecule has 1 heterocycles. The van der Waals surface area contributed by atoms with E-state index in [1.807, 2.05) is 0 Å². The van der Waals surface area contributed by atoms with Crippen LogP contribution in [0.1, 0.15) is 0 Å². The number of hydrogen-bond acceptors (Lipinski definition) is 4. The Kier molecular flexibility index (Phi) is 2.37. The highest BCUT2D eigenvalue weighted by Gasteiger charge is 1.92. The molecule has 0 atom stereocenters. The molecule has 0 radical (unpaired) electrons. The van der Waals surface area contributed by atoms with Crippen molar-refractivity contribution in [2.75, 3.05) is 6.54 Å². The number of aromatic nitrogens is 4. The molecule has 2 amide bonds. The summed E-state index contributed by atoms with van der Waals surface area (Å²) < 4.78 is 1.50. The second-order valence-electron chi connectivity index (χ2n) is 1.86. The summed E-state index contributed by atoms with van der Waals surface area (Å²) in [7, 11) is 0. The molecule has 11 heavy (non-hydrogen) atoms. The lowest BCUT2D eigenvalue weighted by Crippen LogP contribution is -2.32. The molecule has 60 valence electrons. The van der Waals surface area contributed by atoms with Gasteiger partial charge in [0.1, 0.15) is 6.33 Å². The molecule has 0 saturated carbocycles. The maximum atomic E-state index is 10.2. The zero-order chi connectivity index (χ0) is 8.10. The molecule has 0 aliphatic rings. The second kappa shape index (κ2) is 3.49. The van der Waals surface area contributed by atoms with Gasteiger partial charge in [-0.15, -0.1) is 5.10 Å². The van der Waals surface area contributed by atoms with Crippen LogP contribution in [0.3, 0.4) is 0 Å². The highest BCUT2D eigenvalue weighted by atomic mass is 16.2. The molecule has 0 spiro atoms. The average molecular weight is 156 g/mol. The van der Waals surface area contributed by atoms with Gasteiger partial charge in [-0.1, -0.05) is 0 Å². The zero-order valence-corrected chi connectivity index (χ0v) is 5.77. The number of carbonyl (C=O) groups excluding carboxylic acids is 1. The van der Waals surface area contributed by atoms with Gasteiger partial charge >= 0.3 is 6.03 Å². The van der Waals surface area contributed by atoms with Gasteiger partial charge in [-0.25, -0.2) is 9.48 Å². The van der Waals surface area contributed by atoms with E-state index in [2.05, 4.69) is 20.8 Å². The van der Waals surface area contributed by atoms with Gasteiger partial charge in [-0.2, -0.15) is 0 Å². The molecule has 1 aromatic rings. The number of nitrogens with zero attached hydrogens (tertiary/aromatic N) is 4. The van der Waals surface area contributed by atoms with Crippen LogP contribution in [-0.2, 0) is 6.54 Å². The number of nitrogens with one attached hydrogen (secondary N) is 1. The number of amides is 2. The van der Waals surface area contributed by atoms with E-state index < -0.39 is 6.03 Å². The van der Waals surface area contributed by atoms with Crippen molar-refractivity contribution in [2.45, 2.75) is 6.54 Å². The Morgan fingerprint density at radius 3 is 3.09 bits per heavy atom. The number of nitrogens with two attached hydrogens (primary N) is 1. The van der Waals surface area contributed by atoms with Gasteiger partial charge in [0.15, 0.2) is 0 Å². The molecule has 7 heteroatoms. The van der Waals surface area contributed by atoms with Gasteiger partial charge < -0.3 is 11.1 Å². The maximum Gasteiger partial charge on any atom is 0.312 e. The molecule has 1 rings (SSSR count). The molecule has 1 aromatic heterocycles. The average Bonchev–Trinajstić information content (AvgIpc) is 2.39. The number of tetrazole rings is 1. The SMILES string of the molecule is NC(=O)NCCn1cnnn1. The summed E-state index contributed by atoms with van der Waals surface area (Å²) in [5, 5.41) is 12.8. The summed E-state index contributed by atoms with van der Waals surface area (Å²) >= 11 is 0. The predicted molar refractivity (Wildman–Crippen MR) is 35.4 cm³/mol. The Bertz CT molecular complexity index is 218. The predicted octanol–water partition coefficient (Wildman–Crippen LogP) is -1.66. The molecule has 0 aliphatic carbocycles. The van der Waals surface area contributed by atoms with Crippen molar-refractivity contribution in [1.29, 1.82) is 0 Å². The quantitative estimate of drug-likeness (QED) is 0.547. The summed E-state index contributed by atoms with van der Waals surface area (Å²) in [4.78, 5) is 10.2. The third-order valence-corrected chi connectivity index (χ3v) is 1.03. The summed E-state index contributed by atoms with van der Waals surface area (Å²) in [5.41, 5.74) is 4.82. The molecule has 0 saturated heterocycles. The molecule has 0 bridgehead atoms. The van der Waals surface area contributed by atoms with Crippen molar-refractivity contribution in [2.24, 2.45) is 5.73 Å². The third kappa shape index (κ3) is 2.61. The Morgan fingerprint density at radius 2 is 2.55 bits per heavy atom. The minimum atomic E-state index is -0.543. The van der Waals surface area contributed by atoms with Crippen molar-refractivity contribution in [1.82, 2.24) is 25.5 Å². The molecule has 0 fully saturated rings. The first-order valence-electron chi connectivity index (χ1n) is 3.03. The van der Waals surface area contributed by atoms with Crippen LogP contribution in [-0.4, -0.2) is 32.8 Å². The fourth-order valence-corrected chi connectivity index (χ4v) is 0.576. The highest BCUT2D eigenvalue weighted by Crippen LogP contribution is 1.74. The number of carbonyl (C=O) groups is 1. The largest absolute Gasteiger partial charge is 0.352 e. The van der Waals surface area contributed by atoms with Crippen LogP contribution in [0.4, 0.5) is 4.79 Å². The normalized spacial score (nSPS) is 9.45. The van der Waals surface area contributed by atoms with Crippen molar-refractivity contribution >= 4 is 6.03 Å². The monoisotopic (exact) mass is 156 g/mol. The third-order valence-electron chi connectivity index (χ3n) is 1.03. The number of rotatable bonds is 3. The second-order valence-corrected chi connectivity index (χ2v) is 1.86. The summed E-state index contributed by atoms with van der Waals surface area (Å²) in [6, 6.07) is -0.543. The van der Waals surface area contributed by atoms with E-state index in [4.69, 9.17) is 5.73 Å². The molecule has 3 N–H and O–H groups in total. The van der Waals surface area contributed by atoms with Gasteiger partial charge in [0.05, 0.1) is 6.54 Å². The Hall–Kier alpha value is -1.66. The van der Waals surface area contributed by atoms with Crippen LogP contribution in [0.5, 0.6) is 0 Å². The van der Waals surface area contributed by atoms with E-state index in [1.165, 1.54) is 11.0 Å². The first-order valence-corrected chi connectivity index (χ1v) is 3.03. The van der Waals surface area contributed by atoms with Crippen LogP contribution in [0.2, 0.25) is 0 Å². The van der Waals surface area contributed by atoms with Gasteiger partial charge in [0.25, 0.3) is 0 Å². The topological polar surface area (TPSA) is 98.7 Å². The summed E-state index contributed by atoms with van der Waals surface area (Å²) in [5.74, 6) is 0. The van der Waals surface area contributed by atoms with E-state index in [0.717, 1.165) is 0 Å². The van der Waals surface area contributed by atoms with E-state index >= 15 is 0 Å². The lowest BCUT2D eigenvalue weighted by atomic mass is 10.6. The van der Waals surface area contributed by atoms with Gasteiger partial charge in [-0.3, -0.25) is 0 Å². The van der Waals surface area contributed by atoms with Crippen LogP contribution >= 0.6 is 0 Å². The number of primary amides is 1. The molecular weight excluding hydrogens is 148 g/mol. The molecule has 0 unspecified atom stereocenters. The van der Waals surface area contributed by atoms with Crippen molar-refractivity contribution in [3.05, 3.63) is 6.33 Å². The van der Waals surface area contributed by atoms with Gasteiger partial charge in [-0.05, 0) is 10.4 Å². The number of hydrogen-bond donors (Lipinski definition) is 2. The molecule has 7 nitrogen and oxygen atoms in total. The van der Waals surface area contributed by atoms with Crippen molar-refractivity contribution < 1.29 is 4.79 Å². The Morgan fingerprint density at radius 1 is 1.73 bits per heavy atom. The summed E-state index contributed by atoms with van der Waals surface area (Å²) in [6.07, 6.45) is 1.46. The fourth-order valence-electron chi connectivity index (χ4n) is 0.576. The van der Waals surface area contributed by atoms with Crippen LogP contribution < -0.4 is 11.1 Å². The number of urea groups is 1. The highest BCUT2D eigenvalue weighted by molar-refractivity contribution is 5.71. The van der Waals surface area contributed by atoms with Crippen LogP contribution in [0.15, 0.2) is 6.33 Å². The molecule has 0 aliphatic heterocycles. The van der Waals surface area contributed by atoms with E-state index in [9.17, 15) is 4.79 Å². The first kappa shape index (κ1) is 7.45. The van der Waals surface area contributed by atoms with Crippen molar-refractivity contribution in [3.8, 4) is 0 Å². The van der Waals surface area contributed by atoms with Crippen LogP contribution in [0.25, 0.3) is 0 Å². The Balaban J connectivity index is 2.19. The standard InChI is InChI=1S/C4H8N6O/c5-4(11)6-1-2-10-3-7-8-9-10/h3H,1-2H2,(H3,5,6,11). The minimum Gasteiger partial charge on any atom is -0.352 e. The lowest BCUT2D eigenvalue weighted by molar-refractivity contribution is 0.248. The van der Waals surface area contributed by atoms with E-state index in [0.29, 0.717) is 13.1 Å².